The van der Waals surface area contributed by atoms with E-state index in [1.54, 1.807) is 43.8 Å². The first-order chi connectivity index (χ1) is 8.83. The van der Waals surface area contributed by atoms with E-state index in [2.05, 4.69) is 9.97 Å². The minimum Gasteiger partial charge on any atom is -0.467 e. The number of aliphatic hydroxyl groups is 1. The molecule has 0 aliphatic heterocycles. The average molecular weight is 246 g/mol. The number of rotatable bonds is 5. The number of aliphatic hydroxyl groups excluding tert-OH is 1. The summed E-state index contributed by atoms with van der Waals surface area (Å²) >= 11 is 0. The summed E-state index contributed by atoms with van der Waals surface area (Å²) in [5.74, 6) is 0.665. The summed E-state index contributed by atoms with van der Waals surface area (Å²) in [5, 5.41) is 9.09. The minimum absolute atomic E-state index is 0.0185. The fourth-order valence-electron chi connectivity index (χ4n) is 1.48. The number of nitrogens with zero attached hydrogens (tertiary/aromatic N) is 2. The lowest BCUT2D eigenvalue weighted by molar-refractivity contribution is 0.0511. The van der Waals surface area contributed by atoms with Gasteiger partial charge in [-0.05, 0) is 23.8 Å². The molecule has 0 aromatic carbocycles. The fraction of sp³-hybridized carbons (Fsp3) is 0.231. The van der Waals surface area contributed by atoms with Gasteiger partial charge in [-0.1, -0.05) is 0 Å². The molecule has 2 aromatic rings. The Bertz CT molecular complexity index is 517. The van der Waals surface area contributed by atoms with Crippen LogP contribution < -0.4 is 4.74 Å². The number of hydrogen-bond donors (Lipinski definition) is 1. The van der Waals surface area contributed by atoms with Crippen molar-refractivity contribution < 1.29 is 14.6 Å². The Morgan fingerprint density at radius 2 is 1.83 bits per heavy atom. The van der Waals surface area contributed by atoms with Crippen molar-refractivity contribution >= 4 is 0 Å². The van der Waals surface area contributed by atoms with E-state index < -0.39 is 0 Å². The highest BCUT2D eigenvalue weighted by Crippen LogP contribution is 2.20. The standard InChI is InChI=1S/C13H14N2O3/c1-17-9-18-11-3-5-15-13(7-11)12-6-10(8-16)2-4-14-12/h2-7,16H,8-9H2,1H3. The van der Waals surface area contributed by atoms with Crippen LogP contribution in [-0.2, 0) is 11.3 Å². The number of hydrogen-bond acceptors (Lipinski definition) is 5. The highest BCUT2D eigenvalue weighted by molar-refractivity contribution is 5.56. The van der Waals surface area contributed by atoms with Crippen molar-refractivity contribution in [2.45, 2.75) is 6.61 Å². The molecule has 0 aliphatic carbocycles. The van der Waals surface area contributed by atoms with Crippen LogP contribution >= 0.6 is 0 Å². The van der Waals surface area contributed by atoms with Crippen LogP contribution in [0.15, 0.2) is 36.7 Å². The Morgan fingerprint density at radius 3 is 2.56 bits per heavy atom. The van der Waals surface area contributed by atoms with Crippen molar-refractivity contribution in [3.8, 4) is 17.1 Å². The van der Waals surface area contributed by atoms with Gasteiger partial charge in [-0.15, -0.1) is 0 Å². The van der Waals surface area contributed by atoms with Crippen molar-refractivity contribution in [1.29, 1.82) is 0 Å². The van der Waals surface area contributed by atoms with Gasteiger partial charge in [0.2, 0.25) is 0 Å². The molecular formula is C13H14N2O3. The van der Waals surface area contributed by atoms with Gasteiger partial charge in [0.15, 0.2) is 6.79 Å². The molecule has 0 atom stereocenters. The van der Waals surface area contributed by atoms with Crippen LogP contribution in [0, 0.1) is 0 Å². The summed E-state index contributed by atoms with van der Waals surface area (Å²) in [5.41, 5.74) is 2.19. The van der Waals surface area contributed by atoms with E-state index in [0.717, 1.165) is 5.56 Å². The van der Waals surface area contributed by atoms with Gasteiger partial charge in [-0.3, -0.25) is 9.97 Å². The summed E-state index contributed by atoms with van der Waals surface area (Å²) in [6.07, 6.45) is 3.29. The monoisotopic (exact) mass is 246 g/mol. The van der Waals surface area contributed by atoms with E-state index >= 15 is 0 Å². The molecular weight excluding hydrogens is 232 g/mol. The molecule has 94 valence electrons. The zero-order valence-electron chi connectivity index (χ0n) is 10.0. The molecule has 2 aromatic heterocycles. The molecule has 5 heteroatoms. The van der Waals surface area contributed by atoms with Crippen LogP contribution in [0.25, 0.3) is 11.4 Å². The molecule has 1 N–H and O–H groups in total. The van der Waals surface area contributed by atoms with Gasteiger partial charge in [0.25, 0.3) is 0 Å². The number of aromatic nitrogens is 2. The second-order valence-corrected chi connectivity index (χ2v) is 3.64. The van der Waals surface area contributed by atoms with E-state index in [1.165, 1.54) is 0 Å². The third-order valence-corrected chi connectivity index (χ3v) is 2.34. The molecule has 0 bridgehead atoms. The Kier molecular flexibility index (Phi) is 4.22. The lowest BCUT2D eigenvalue weighted by Crippen LogP contribution is -1.99. The number of methoxy groups -OCH3 is 1. The van der Waals surface area contributed by atoms with Gasteiger partial charge in [0, 0.05) is 25.6 Å². The summed E-state index contributed by atoms with van der Waals surface area (Å²) in [6, 6.07) is 7.08. The van der Waals surface area contributed by atoms with Crippen molar-refractivity contribution in [3.63, 3.8) is 0 Å². The van der Waals surface area contributed by atoms with E-state index in [-0.39, 0.29) is 13.4 Å². The molecule has 0 saturated carbocycles. The van der Waals surface area contributed by atoms with E-state index in [0.29, 0.717) is 17.1 Å². The van der Waals surface area contributed by atoms with Crippen LogP contribution in [0.1, 0.15) is 5.56 Å². The SMILES string of the molecule is COCOc1ccnc(-c2cc(CO)ccn2)c1. The van der Waals surface area contributed by atoms with Crippen molar-refractivity contribution in [2.75, 3.05) is 13.9 Å². The number of ether oxygens (including phenoxy) is 2. The first-order valence-corrected chi connectivity index (χ1v) is 5.47. The van der Waals surface area contributed by atoms with Crippen LogP contribution in [0.5, 0.6) is 5.75 Å². The quantitative estimate of drug-likeness (QED) is 0.812. The molecule has 2 heterocycles. The molecule has 0 amide bonds. The molecule has 0 fully saturated rings. The third-order valence-electron chi connectivity index (χ3n) is 2.34. The third kappa shape index (κ3) is 3.03. The minimum atomic E-state index is -0.0185. The predicted molar refractivity (Wildman–Crippen MR) is 65.9 cm³/mol. The highest BCUT2D eigenvalue weighted by Gasteiger charge is 2.04. The Morgan fingerprint density at radius 1 is 1.11 bits per heavy atom. The van der Waals surface area contributed by atoms with Crippen LogP contribution in [-0.4, -0.2) is 29.0 Å². The first-order valence-electron chi connectivity index (χ1n) is 5.47. The highest BCUT2D eigenvalue weighted by atomic mass is 16.7. The van der Waals surface area contributed by atoms with Crippen LogP contribution in [0.4, 0.5) is 0 Å². The molecule has 0 aliphatic rings. The van der Waals surface area contributed by atoms with Gasteiger partial charge < -0.3 is 14.6 Å². The van der Waals surface area contributed by atoms with Gasteiger partial charge in [0.05, 0.1) is 18.0 Å². The average Bonchev–Trinajstić information content (AvgIpc) is 2.45. The zero-order chi connectivity index (χ0) is 12.8. The van der Waals surface area contributed by atoms with Gasteiger partial charge in [-0.2, -0.15) is 0 Å². The van der Waals surface area contributed by atoms with Crippen LogP contribution in [0.2, 0.25) is 0 Å². The largest absolute Gasteiger partial charge is 0.467 e. The lowest BCUT2D eigenvalue weighted by Gasteiger charge is -2.06. The Labute approximate surface area is 105 Å². The fourth-order valence-corrected chi connectivity index (χ4v) is 1.48. The molecule has 5 nitrogen and oxygen atoms in total. The summed E-state index contributed by atoms with van der Waals surface area (Å²) in [4.78, 5) is 8.45. The maximum atomic E-state index is 9.09. The molecule has 0 saturated heterocycles. The van der Waals surface area contributed by atoms with Gasteiger partial charge in [0.1, 0.15) is 5.75 Å². The van der Waals surface area contributed by atoms with Crippen molar-refractivity contribution in [1.82, 2.24) is 9.97 Å². The van der Waals surface area contributed by atoms with Crippen molar-refractivity contribution in [2.24, 2.45) is 0 Å². The number of pyridine rings is 2. The summed E-state index contributed by atoms with van der Waals surface area (Å²) < 4.78 is 10.2. The lowest BCUT2D eigenvalue weighted by atomic mass is 10.2. The second-order valence-electron chi connectivity index (χ2n) is 3.64. The normalized spacial score (nSPS) is 10.3. The maximum absolute atomic E-state index is 9.09. The van der Waals surface area contributed by atoms with Gasteiger partial charge >= 0.3 is 0 Å². The molecule has 0 unspecified atom stereocenters. The smallest absolute Gasteiger partial charge is 0.188 e. The second kappa shape index (κ2) is 6.09. The Balaban J connectivity index is 2.26. The zero-order valence-corrected chi connectivity index (χ0v) is 10.0. The Hall–Kier alpha value is -1.98. The summed E-state index contributed by atoms with van der Waals surface area (Å²) in [7, 11) is 1.56. The molecule has 18 heavy (non-hydrogen) atoms. The van der Waals surface area contributed by atoms with E-state index in [1.807, 2.05) is 0 Å². The van der Waals surface area contributed by atoms with Crippen LogP contribution in [0.3, 0.4) is 0 Å². The van der Waals surface area contributed by atoms with Crippen molar-refractivity contribution in [3.05, 3.63) is 42.2 Å². The van der Waals surface area contributed by atoms with E-state index in [9.17, 15) is 0 Å². The molecule has 2 rings (SSSR count). The predicted octanol–water partition coefficient (Wildman–Crippen LogP) is 1.62. The molecule has 0 radical (unpaired) electrons. The molecule has 0 spiro atoms. The van der Waals surface area contributed by atoms with E-state index in [4.69, 9.17) is 14.6 Å². The first kappa shape index (κ1) is 12.5. The summed E-state index contributed by atoms with van der Waals surface area (Å²) in [6.45, 7) is 0.170. The topological polar surface area (TPSA) is 64.5 Å². The maximum Gasteiger partial charge on any atom is 0.188 e. The van der Waals surface area contributed by atoms with Gasteiger partial charge in [-0.25, -0.2) is 0 Å².